The summed E-state index contributed by atoms with van der Waals surface area (Å²) in [5, 5.41) is 17.8. The average Bonchev–Trinajstić information content (AvgIpc) is 2.15. The van der Waals surface area contributed by atoms with Gasteiger partial charge in [-0.05, 0) is 19.3 Å². The Morgan fingerprint density at radius 3 is 1.47 bits per heavy atom. The molecular formula is C9H14I2O4. The molecule has 2 N–H and O–H groups in total. The van der Waals surface area contributed by atoms with Gasteiger partial charge in [-0.2, -0.15) is 0 Å². The van der Waals surface area contributed by atoms with Crippen molar-refractivity contribution in [3.63, 3.8) is 0 Å². The summed E-state index contributed by atoms with van der Waals surface area (Å²) in [6.45, 7) is 0. The molecule has 0 aliphatic carbocycles. The lowest BCUT2D eigenvalue weighted by atomic mass is 9.91. The third kappa shape index (κ3) is 6.54. The van der Waals surface area contributed by atoms with Crippen LogP contribution in [-0.2, 0) is 9.59 Å². The molecule has 0 radical (unpaired) electrons. The quantitative estimate of drug-likeness (QED) is 0.450. The van der Waals surface area contributed by atoms with E-state index in [1.165, 1.54) is 0 Å². The van der Waals surface area contributed by atoms with E-state index in [1.54, 1.807) is 0 Å². The lowest BCUT2D eigenvalue weighted by Crippen LogP contribution is -2.23. The number of aliphatic carboxylic acids is 2. The average molecular weight is 440 g/mol. The second-order valence-electron chi connectivity index (χ2n) is 3.26. The zero-order valence-electron chi connectivity index (χ0n) is 8.16. The fraction of sp³-hybridized carbons (Fsp3) is 0.778. The van der Waals surface area contributed by atoms with E-state index < -0.39 is 23.8 Å². The van der Waals surface area contributed by atoms with E-state index in [0.717, 1.165) is 8.86 Å². The van der Waals surface area contributed by atoms with Gasteiger partial charge in [-0.25, -0.2) is 0 Å². The van der Waals surface area contributed by atoms with Gasteiger partial charge in [-0.1, -0.05) is 45.2 Å². The predicted molar refractivity (Wildman–Crippen MR) is 73.9 cm³/mol. The van der Waals surface area contributed by atoms with Crippen LogP contribution < -0.4 is 0 Å². The summed E-state index contributed by atoms with van der Waals surface area (Å²) in [6, 6.07) is 0. The summed E-state index contributed by atoms with van der Waals surface area (Å²) in [7, 11) is 0. The van der Waals surface area contributed by atoms with E-state index in [0.29, 0.717) is 12.8 Å². The Labute approximate surface area is 116 Å². The zero-order valence-corrected chi connectivity index (χ0v) is 12.5. The minimum atomic E-state index is -0.883. The minimum Gasteiger partial charge on any atom is -0.481 e. The molecule has 15 heavy (non-hydrogen) atoms. The molecule has 0 rings (SSSR count). The molecule has 2 unspecified atom stereocenters. The number of hydrogen-bond donors (Lipinski definition) is 2. The number of alkyl halides is 2. The van der Waals surface area contributed by atoms with Gasteiger partial charge in [0.1, 0.15) is 0 Å². The molecule has 0 amide bonds. The highest BCUT2D eigenvalue weighted by Crippen LogP contribution is 2.21. The molecule has 0 fully saturated rings. The van der Waals surface area contributed by atoms with Gasteiger partial charge >= 0.3 is 11.9 Å². The van der Waals surface area contributed by atoms with Crippen LogP contribution in [0.1, 0.15) is 19.3 Å². The first-order valence-corrected chi connectivity index (χ1v) is 7.65. The molecule has 0 aliphatic rings. The molecule has 0 aromatic heterocycles. The highest BCUT2D eigenvalue weighted by Gasteiger charge is 2.25. The molecule has 0 aromatic rings. The highest BCUT2D eigenvalue weighted by atomic mass is 127. The molecule has 2 atom stereocenters. The Hall–Kier alpha value is 0.400. The molecule has 0 aromatic carbocycles. The van der Waals surface area contributed by atoms with Crippen molar-refractivity contribution in [3.05, 3.63) is 0 Å². The molecule has 0 bridgehead atoms. The Balaban J connectivity index is 4.32. The molecule has 0 spiro atoms. The largest absolute Gasteiger partial charge is 0.481 e. The maximum atomic E-state index is 10.9. The van der Waals surface area contributed by atoms with Gasteiger partial charge in [-0.15, -0.1) is 0 Å². The van der Waals surface area contributed by atoms with Gasteiger partial charge in [0, 0.05) is 8.86 Å². The van der Waals surface area contributed by atoms with E-state index in [4.69, 9.17) is 10.2 Å². The Morgan fingerprint density at radius 2 is 1.27 bits per heavy atom. The number of hydrogen-bond acceptors (Lipinski definition) is 2. The van der Waals surface area contributed by atoms with Crippen LogP contribution >= 0.6 is 45.2 Å². The van der Waals surface area contributed by atoms with Gasteiger partial charge in [0.15, 0.2) is 0 Å². The monoisotopic (exact) mass is 440 g/mol. The van der Waals surface area contributed by atoms with Crippen LogP contribution in [0.15, 0.2) is 0 Å². The van der Waals surface area contributed by atoms with Gasteiger partial charge in [0.05, 0.1) is 11.8 Å². The van der Waals surface area contributed by atoms with E-state index in [9.17, 15) is 9.59 Å². The number of carbonyl (C=O) groups is 2. The standard InChI is InChI=1S/C9H14I2O4/c10-3-1-6(8(12)13)5-7(2-4-11)9(14)15/h6-7H,1-5H2,(H,12,13)(H,14,15). The maximum Gasteiger partial charge on any atom is 0.306 e. The van der Waals surface area contributed by atoms with Crippen molar-refractivity contribution < 1.29 is 19.8 Å². The molecule has 0 aliphatic heterocycles. The number of carboxylic acid groups (broad SMARTS) is 2. The molecule has 0 saturated carbocycles. The Kier molecular flexibility index (Phi) is 8.77. The topological polar surface area (TPSA) is 74.6 Å². The van der Waals surface area contributed by atoms with Crippen molar-refractivity contribution in [2.75, 3.05) is 8.86 Å². The summed E-state index contributed by atoms with van der Waals surface area (Å²) in [4.78, 5) is 21.7. The lowest BCUT2D eigenvalue weighted by Gasteiger charge is -2.16. The maximum absolute atomic E-state index is 10.9. The zero-order chi connectivity index (χ0) is 11.8. The smallest absolute Gasteiger partial charge is 0.306 e. The van der Waals surface area contributed by atoms with Gasteiger partial charge in [0.25, 0.3) is 0 Å². The van der Waals surface area contributed by atoms with Crippen LogP contribution in [0.2, 0.25) is 0 Å². The first kappa shape index (κ1) is 15.4. The first-order chi connectivity index (χ1) is 7.02. The van der Waals surface area contributed by atoms with Crippen LogP contribution in [-0.4, -0.2) is 31.0 Å². The fourth-order valence-electron chi connectivity index (χ4n) is 1.29. The molecule has 4 nitrogen and oxygen atoms in total. The van der Waals surface area contributed by atoms with Crippen molar-refractivity contribution in [3.8, 4) is 0 Å². The van der Waals surface area contributed by atoms with Crippen molar-refractivity contribution >= 4 is 57.1 Å². The van der Waals surface area contributed by atoms with Gasteiger partial charge in [-0.3, -0.25) is 9.59 Å². The van der Waals surface area contributed by atoms with Crippen molar-refractivity contribution in [1.82, 2.24) is 0 Å². The van der Waals surface area contributed by atoms with Gasteiger partial charge in [0.2, 0.25) is 0 Å². The van der Waals surface area contributed by atoms with Crippen LogP contribution in [0.3, 0.4) is 0 Å². The Bertz CT molecular complexity index is 198. The normalized spacial score (nSPS) is 14.5. The second kappa shape index (κ2) is 8.54. The minimum absolute atomic E-state index is 0.247. The van der Waals surface area contributed by atoms with E-state index in [-0.39, 0.29) is 6.42 Å². The molecule has 0 heterocycles. The van der Waals surface area contributed by atoms with E-state index in [2.05, 4.69) is 45.2 Å². The summed E-state index contributed by atoms with van der Waals surface area (Å²) >= 11 is 4.22. The molecule has 88 valence electrons. The summed E-state index contributed by atoms with van der Waals surface area (Å²) in [5.74, 6) is -2.81. The van der Waals surface area contributed by atoms with E-state index in [1.807, 2.05) is 0 Å². The van der Waals surface area contributed by atoms with Crippen molar-refractivity contribution in [1.29, 1.82) is 0 Å². The Morgan fingerprint density at radius 1 is 0.933 bits per heavy atom. The summed E-state index contributed by atoms with van der Waals surface area (Å²) in [5.41, 5.74) is 0. The molecular weight excluding hydrogens is 426 g/mol. The first-order valence-electron chi connectivity index (χ1n) is 4.60. The molecule has 6 heteroatoms. The summed E-state index contributed by atoms with van der Waals surface area (Å²) < 4.78 is 1.48. The van der Waals surface area contributed by atoms with Crippen LogP contribution in [0.5, 0.6) is 0 Å². The third-order valence-corrected chi connectivity index (χ3v) is 3.43. The summed E-state index contributed by atoms with van der Waals surface area (Å²) in [6.07, 6.45) is 1.33. The second-order valence-corrected chi connectivity index (χ2v) is 5.42. The fourth-order valence-corrected chi connectivity index (χ4v) is 2.79. The number of halogens is 2. The third-order valence-electron chi connectivity index (χ3n) is 2.18. The predicted octanol–water partition coefficient (Wildman–Crippen LogP) is 2.43. The van der Waals surface area contributed by atoms with E-state index >= 15 is 0 Å². The van der Waals surface area contributed by atoms with Crippen LogP contribution in [0.4, 0.5) is 0 Å². The van der Waals surface area contributed by atoms with Crippen molar-refractivity contribution in [2.45, 2.75) is 19.3 Å². The van der Waals surface area contributed by atoms with Crippen molar-refractivity contribution in [2.24, 2.45) is 11.8 Å². The number of carboxylic acids is 2. The number of rotatable bonds is 8. The SMILES string of the molecule is O=C(O)C(CCI)CC(CCI)C(=O)O. The van der Waals surface area contributed by atoms with Gasteiger partial charge < -0.3 is 10.2 Å². The van der Waals surface area contributed by atoms with Crippen LogP contribution in [0, 0.1) is 11.8 Å². The van der Waals surface area contributed by atoms with Crippen LogP contribution in [0.25, 0.3) is 0 Å². The lowest BCUT2D eigenvalue weighted by molar-refractivity contribution is -0.145. The molecule has 0 saturated heterocycles. The highest BCUT2D eigenvalue weighted by molar-refractivity contribution is 14.1.